The highest BCUT2D eigenvalue weighted by molar-refractivity contribution is 5.97. The van der Waals surface area contributed by atoms with Gasteiger partial charge in [-0.2, -0.15) is 0 Å². The molecule has 26 heavy (non-hydrogen) atoms. The molecule has 2 N–H and O–H groups in total. The van der Waals surface area contributed by atoms with Gasteiger partial charge in [0.25, 0.3) is 11.5 Å². The van der Waals surface area contributed by atoms with Crippen LogP contribution in [0.5, 0.6) is 5.75 Å². The second-order valence-electron chi connectivity index (χ2n) is 6.63. The van der Waals surface area contributed by atoms with Crippen molar-refractivity contribution in [3.05, 3.63) is 76.1 Å². The Kier molecular flexibility index (Phi) is 5.37. The monoisotopic (exact) mass is 350 g/mol. The van der Waals surface area contributed by atoms with E-state index in [9.17, 15) is 9.59 Å². The van der Waals surface area contributed by atoms with E-state index in [2.05, 4.69) is 24.1 Å². The first-order valence-electron chi connectivity index (χ1n) is 8.65. The van der Waals surface area contributed by atoms with Crippen molar-refractivity contribution >= 4 is 16.8 Å². The van der Waals surface area contributed by atoms with Gasteiger partial charge in [-0.05, 0) is 41.1 Å². The van der Waals surface area contributed by atoms with Crippen molar-refractivity contribution in [3.8, 4) is 5.75 Å². The van der Waals surface area contributed by atoms with Crippen LogP contribution in [0.3, 0.4) is 0 Å². The number of pyridine rings is 1. The van der Waals surface area contributed by atoms with Crippen molar-refractivity contribution in [1.82, 2.24) is 10.3 Å². The first-order valence-corrected chi connectivity index (χ1v) is 8.65. The van der Waals surface area contributed by atoms with Crippen molar-refractivity contribution in [2.24, 2.45) is 5.92 Å². The highest BCUT2D eigenvalue weighted by atomic mass is 16.5. The van der Waals surface area contributed by atoms with Crippen molar-refractivity contribution < 1.29 is 9.53 Å². The number of hydrogen-bond donors (Lipinski definition) is 2. The van der Waals surface area contributed by atoms with Crippen molar-refractivity contribution in [3.63, 3.8) is 0 Å². The second kappa shape index (κ2) is 7.87. The van der Waals surface area contributed by atoms with Gasteiger partial charge in [0.15, 0.2) is 0 Å². The summed E-state index contributed by atoms with van der Waals surface area (Å²) in [6.45, 7) is 5.20. The number of ether oxygens (including phenoxy) is 1. The van der Waals surface area contributed by atoms with E-state index in [0.717, 1.165) is 16.7 Å². The van der Waals surface area contributed by atoms with Gasteiger partial charge in [-0.25, -0.2) is 0 Å². The highest BCUT2D eigenvalue weighted by Gasteiger charge is 2.11. The van der Waals surface area contributed by atoms with Crippen LogP contribution in [0.4, 0.5) is 0 Å². The van der Waals surface area contributed by atoms with E-state index in [0.29, 0.717) is 24.6 Å². The Morgan fingerprint density at radius 1 is 1.12 bits per heavy atom. The smallest absolute Gasteiger partial charge is 0.261 e. The number of para-hydroxylation sites is 1. The van der Waals surface area contributed by atoms with Gasteiger partial charge in [-0.1, -0.05) is 44.2 Å². The van der Waals surface area contributed by atoms with Gasteiger partial charge in [-0.3, -0.25) is 9.59 Å². The topological polar surface area (TPSA) is 71.2 Å². The Labute approximate surface area is 152 Å². The number of amides is 1. The average molecular weight is 350 g/mol. The molecule has 0 atom stereocenters. The van der Waals surface area contributed by atoms with Gasteiger partial charge in [-0.15, -0.1) is 0 Å². The lowest BCUT2D eigenvalue weighted by Crippen LogP contribution is -2.29. The Balaban J connectivity index is 1.65. The number of H-pyrrole nitrogens is 1. The molecule has 3 rings (SSSR count). The molecule has 0 radical (unpaired) electrons. The summed E-state index contributed by atoms with van der Waals surface area (Å²) < 4.78 is 5.64. The predicted molar refractivity (Wildman–Crippen MR) is 103 cm³/mol. The molecule has 3 aromatic rings. The summed E-state index contributed by atoms with van der Waals surface area (Å²) in [5.74, 6) is 0.880. The van der Waals surface area contributed by atoms with Crippen LogP contribution in [-0.4, -0.2) is 17.5 Å². The normalized spacial score (nSPS) is 10.9. The highest BCUT2D eigenvalue weighted by Crippen LogP contribution is 2.14. The fourth-order valence-electron chi connectivity index (χ4n) is 2.56. The zero-order valence-corrected chi connectivity index (χ0v) is 14.9. The molecular formula is C21H22N2O3. The number of carbonyl (C=O) groups excluding carboxylic acids is 1. The minimum Gasteiger partial charge on any atom is -0.493 e. The van der Waals surface area contributed by atoms with Crippen LogP contribution in [-0.2, 0) is 6.54 Å². The van der Waals surface area contributed by atoms with Crippen molar-refractivity contribution in [2.75, 3.05) is 6.61 Å². The molecule has 5 heteroatoms. The molecule has 1 amide bonds. The van der Waals surface area contributed by atoms with E-state index in [4.69, 9.17) is 4.74 Å². The molecule has 0 saturated heterocycles. The zero-order chi connectivity index (χ0) is 18.5. The molecule has 2 aromatic carbocycles. The summed E-state index contributed by atoms with van der Waals surface area (Å²) in [7, 11) is 0. The first-order chi connectivity index (χ1) is 12.5. The summed E-state index contributed by atoms with van der Waals surface area (Å²) in [6, 6.07) is 16.6. The minimum absolute atomic E-state index is 0.112. The zero-order valence-electron chi connectivity index (χ0n) is 14.9. The molecule has 5 nitrogen and oxygen atoms in total. The molecule has 0 aliphatic heterocycles. The number of benzene rings is 2. The Morgan fingerprint density at radius 3 is 2.58 bits per heavy atom. The molecular weight excluding hydrogens is 328 g/mol. The number of aromatic amines is 1. The molecule has 0 aliphatic rings. The third-order valence-corrected chi connectivity index (χ3v) is 3.96. The lowest BCUT2D eigenvalue weighted by molar-refractivity contribution is 0.0949. The van der Waals surface area contributed by atoms with Gasteiger partial charge < -0.3 is 15.0 Å². The van der Waals surface area contributed by atoms with Crippen LogP contribution in [0.2, 0.25) is 0 Å². The maximum atomic E-state index is 12.4. The Hall–Kier alpha value is -3.08. The van der Waals surface area contributed by atoms with Gasteiger partial charge in [0.05, 0.1) is 6.61 Å². The summed E-state index contributed by atoms with van der Waals surface area (Å²) in [5, 5.41) is 3.61. The maximum absolute atomic E-state index is 12.4. The standard InChI is InChI=1S/C21H22N2O3/c1-14(2)13-26-17-9-7-15(8-10-17)12-22-20(24)18-11-16-5-3-4-6-19(16)23-21(18)25/h3-11,14H,12-13H2,1-2H3,(H,22,24)(H,23,25). The fraction of sp³-hybridized carbons (Fsp3) is 0.238. The van der Waals surface area contributed by atoms with Crippen LogP contribution in [0.15, 0.2) is 59.4 Å². The first kappa shape index (κ1) is 17.7. The predicted octanol–water partition coefficient (Wildman–Crippen LogP) is 3.49. The maximum Gasteiger partial charge on any atom is 0.261 e. The molecule has 0 spiro atoms. The number of rotatable bonds is 6. The van der Waals surface area contributed by atoms with E-state index >= 15 is 0 Å². The lowest BCUT2D eigenvalue weighted by atomic mass is 10.1. The number of carbonyl (C=O) groups is 1. The Morgan fingerprint density at radius 2 is 1.85 bits per heavy atom. The summed E-state index contributed by atoms with van der Waals surface area (Å²) >= 11 is 0. The number of aromatic nitrogens is 1. The van der Waals surface area contributed by atoms with Crippen LogP contribution in [0, 0.1) is 5.92 Å². The van der Waals surface area contributed by atoms with Crippen molar-refractivity contribution in [2.45, 2.75) is 20.4 Å². The summed E-state index contributed by atoms with van der Waals surface area (Å²) in [4.78, 5) is 27.2. The van der Waals surface area contributed by atoms with Crippen LogP contribution in [0.1, 0.15) is 29.8 Å². The largest absolute Gasteiger partial charge is 0.493 e. The van der Waals surface area contributed by atoms with Crippen molar-refractivity contribution in [1.29, 1.82) is 0 Å². The molecule has 0 aliphatic carbocycles. The van der Waals surface area contributed by atoms with E-state index in [1.54, 1.807) is 12.1 Å². The number of nitrogens with one attached hydrogen (secondary N) is 2. The van der Waals surface area contributed by atoms with E-state index in [1.807, 2.05) is 42.5 Å². The average Bonchev–Trinajstić information content (AvgIpc) is 2.64. The molecule has 1 heterocycles. The Bertz CT molecular complexity index is 959. The van der Waals surface area contributed by atoms with Crippen LogP contribution < -0.4 is 15.6 Å². The molecule has 0 saturated carbocycles. The lowest BCUT2D eigenvalue weighted by Gasteiger charge is -2.10. The molecule has 0 fully saturated rings. The molecule has 1 aromatic heterocycles. The quantitative estimate of drug-likeness (QED) is 0.715. The second-order valence-corrected chi connectivity index (χ2v) is 6.63. The summed E-state index contributed by atoms with van der Waals surface area (Å²) in [5.41, 5.74) is 1.37. The van der Waals surface area contributed by atoms with Gasteiger partial charge in [0, 0.05) is 12.1 Å². The van der Waals surface area contributed by atoms with E-state index in [-0.39, 0.29) is 5.56 Å². The number of hydrogen-bond acceptors (Lipinski definition) is 3. The third-order valence-electron chi connectivity index (χ3n) is 3.96. The summed E-state index contributed by atoms with van der Waals surface area (Å²) in [6.07, 6.45) is 0. The SMILES string of the molecule is CC(C)COc1ccc(CNC(=O)c2cc3ccccc3[nH]c2=O)cc1. The van der Waals surface area contributed by atoms with Gasteiger partial charge in [0.2, 0.25) is 0 Å². The minimum atomic E-state index is -0.392. The fourth-order valence-corrected chi connectivity index (χ4v) is 2.56. The third kappa shape index (κ3) is 4.30. The van der Waals surface area contributed by atoms with Crippen LogP contribution in [0.25, 0.3) is 10.9 Å². The van der Waals surface area contributed by atoms with Gasteiger partial charge >= 0.3 is 0 Å². The molecule has 134 valence electrons. The molecule has 0 unspecified atom stereocenters. The van der Waals surface area contributed by atoms with E-state index in [1.165, 1.54) is 0 Å². The molecule has 0 bridgehead atoms. The van der Waals surface area contributed by atoms with Gasteiger partial charge in [0.1, 0.15) is 11.3 Å². The van der Waals surface area contributed by atoms with Crippen LogP contribution >= 0.6 is 0 Å². The van der Waals surface area contributed by atoms with E-state index < -0.39 is 11.5 Å². The number of fused-ring (bicyclic) bond motifs is 1.